The molecule has 0 aliphatic carbocycles. The lowest BCUT2D eigenvalue weighted by atomic mass is 10.1. The highest BCUT2D eigenvalue weighted by Gasteiger charge is 2.18. The number of nitrogens with zero attached hydrogens (tertiary/aromatic N) is 3. The zero-order valence-electron chi connectivity index (χ0n) is 15.1. The van der Waals surface area contributed by atoms with Crippen LogP contribution in [0.2, 0.25) is 0 Å². The summed E-state index contributed by atoms with van der Waals surface area (Å²) in [4.78, 5) is 10.9. The number of hydrogen-bond acceptors (Lipinski definition) is 5. The minimum atomic E-state index is -3.87. The van der Waals surface area contributed by atoms with Gasteiger partial charge in [-0.15, -0.1) is 0 Å². The van der Waals surface area contributed by atoms with E-state index in [1.54, 1.807) is 0 Å². The molecule has 2 aromatic rings. The fourth-order valence-corrected chi connectivity index (χ4v) is 4.14. The van der Waals surface area contributed by atoms with Crippen molar-refractivity contribution in [2.24, 2.45) is 0 Å². The second-order valence-electron chi connectivity index (χ2n) is 6.65. The third-order valence-corrected chi connectivity index (χ3v) is 5.65. The molecule has 0 atom stereocenters. The first kappa shape index (κ1) is 19.6. The van der Waals surface area contributed by atoms with Crippen molar-refractivity contribution in [1.82, 2.24) is 14.7 Å². The molecule has 1 aliphatic rings. The van der Waals surface area contributed by atoms with Crippen molar-refractivity contribution in [1.29, 1.82) is 0 Å². The summed E-state index contributed by atoms with van der Waals surface area (Å²) in [6.45, 7) is 3.55. The Morgan fingerprint density at radius 3 is 2.59 bits per heavy atom. The molecule has 6 nitrogen and oxygen atoms in total. The van der Waals surface area contributed by atoms with Crippen molar-refractivity contribution in [2.45, 2.75) is 38.5 Å². The third kappa shape index (κ3) is 5.43. The second-order valence-corrected chi connectivity index (χ2v) is 8.45. The number of sulfonamides is 1. The number of hydrogen-bond donors (Lipinski definition) is 1. The van der Waals surface area contributed by atoms with Crippen molar-refractivity contribution < 1.29 is 17.2 Å². The van der Waals surface area contributed by atoms with E-state index < -0.39 is 27.4 Å². The smallest absolute Gasteiger partial charge is 0.216 e. The first-order valence-corrected chi connectivity index (χ1v) is 10.5. The molecule has 2 heterocycles. The summed E-state index contributed by atoms with van der Waals surface area (Å²) in [5.74, 6) is -0.969. The molecule has 27 heavy (non-hydrogen) atoms. The molecule has 0 bridgehead atoms. The van der Waals surface area contributed by atoms with Crippen LogP contribution in [-0.4, -0.2) is 31.5 Å². The Bertz CT molecular complexity index is 916. The minimum Gasteiger partial charge on any atom is -0.357 e. The van der Waals surface area contributed by atoms with Crippen LogP contribution >= 0.6 is 0 Å². The van der Waals surface area contributed by atoms with Crippen molar-refractivity contribution >= 4 is 15.8 Å². The molecule has 0 radical (unpaired) electrons. The Labute approximate surface area is 157 Å². The SMILES string of the molecule is Cc1cc(N2CCCCC2)nc(CNS(=O)(=O)Cc2cc(F)ccc2F)n1. The molecule has 1 fully saturated rings. The lowest BCUT2D eigenvalue weighted by molar-refractivity contribution is 0.565. The summed E-state index contributed by atoms with van der Waals surface area (Å²) >= 11 is 0. The molecule has 0 unspecified atom stereocenters. The quantitative estimate of drug-likeness (QED) is 0.813. The van der Waals surface area contributed by atoms with Gasteiger partial charge >= 0.3 is 0 Å². The summed E-state index contributed by atoms with van der Waals surface area (Å²) in [6.07, 6.45) is 3.40. The molecular formula is C18H22F2N4O2S. The fourth-order valence-electron chi connectivity index (χ4n) is 3.06. The van der Waals surface area contributed by atoms with E-state index in [9.17, 15) is 17.2 Å². The largest absolute Gasteiger partial charge is 0.357 e. The van der Waals surface area contributed by atoms with Gasteiger partial charge in [-0.3, -0.25) is 0 Å². The number of anilines is 1. The number of aryl methyl sites for hydroxylation is 1. The van der Waals surface area contributed by atoms with Crippen LogP contribution in [0.5, 0.6) is 0 Å². The number of halogens is 2. The van der Waals surface area contributed by atoms with Gasteiger partial charge in [-0.25, -0.2) is 31.9 Å². The van der Waals surface area contributed by atoms with Gasteiger partial charge in [0.1, 0.15) is 23.3 Å². The minimum absolute atomic E-state index is 0.109. The molecule has 0 spiro atoms. The molecule has 1 aromatic carbocycles. The highest BCUT2D eigenvalue weighted by Crippen LogP contribution is 2.18. The van der Waals surface area contributed by atoms with Gasteiger partial charge in [0, 0.05) is 30.4 Å². The number of benzene rings is 1. The van der Waals surface area contributed by atoms with Crippen LogP contribution in [0.3, 0.4) is 0 Å². The summed E-state index contributed by atoms with van der Waals surface area (Å²) in [5.41, 5.74) is 0.526. The Kier molecular flexibility index (Phi) is 6.01. The standard InChI is InChI=1S/C18H22F2N4O2S/c1-13-9-18(24-7-3-2-4-8-24)23-17(22-13)11-21-27(25,26)12-14-10-15(19)5-6-16(14)20/h5-6,9-10,21H,2-4,7-8,11-12H2,1H3. The number of piperidine rings is 1. The maximum Gasteiger partial charge on any atom is 0.216 e. The second kappa shape index (κ2) is 8.26. The summed E-state index contributed by atoms with van der Waals surface area (Å²) in [5, 5.41) is 0. The molecule has 1 saturated heterocycles. The monoisotopic (exact) mass is 396 g/mol. The van der Waals surface area contributed by atoms with E-state index in [4.69, 9.17) is 0 Å². The lowest BCUT2D eigenvalue weighted by Gasteiger charge is -2.28. The zero-order valence-corrected chi connectivity index (χ0v) is 15.9. The van der Waals surface area contributed by atoms with Crippen LogP contribution in [0.4, 0.5) is 14.6 Å². The molecular weight excluding hydrogens is 374 g/mol. The van der Waals surface area contributed by atoms with Gasteiger partial charge < -0.3 is 4.90 Å². The summed E-state index contributed by atoms with van der Waals surface area (Å²) < 4.78 is 53.8. The highest BCUT2D eigenvalue weighted by molar-refractivity contribution is 7.88. The predicted molar refractivity (Wildman–Crippen MR) is 98.7 cm³/mol. The third-order valence-electron chi connectivity index (χ3n) is 4.37. The van der Waals surface area contributed by atoms with Crippen LogP contribution in [0.1, 0.15) is 36.3 Å². The first-order chi connectivity index (χ1) is 12.8. The van der Waals surface area contributed by atoms with E-state index in [2.05, 4.69) is 19.6 Å². The van der Waals surface area contributed by atoms with Gasteiger partial charge in [0.25, 0.3) is 0 Å². The molecule has 0 amide bonds. The maximum absolute atomic E-state index is 13.7. The molecule has 3 rings (SSSR count). The van der Waals surface area contributed by atoms with E-state index in [1.165, 1.54) is 6.42 Å². The maximum atomic E-state index is 13.7. The average molecular weight is 396 g/mol. The van der Waals surface area contributed by atoms with Crippen molar-refractivity contribution in [3.63, 3.8) is 0 Å². The number of aromatic nitrogens is 2. The molecule has 0 saturated carbocycles. The van der Waals surface area contributed by atoms with Crippen LogP contribution in [0.15, 0.2) is 24.3 Å². The zero-order chi connectivity index (χ0) is 19.4. The molecule has 1 aliphatic heterocycles. The summed E-state index contributed by atoms with van der Waals surface area (Å²) in [6, 6.07) is 4.62. The number of rotatable bonds is 6. The van der Waals surface area contributed by atoms with Crippen molar-refractivity contribution in [3.05, 3.63) is 53.0 Å². The Hall–Kier alpha value is -2.13. The van der Waals surface area contributed by atoms with Crippen molar-refractivity contribution in [3.8, 4) is 0 Å². The molecule has 1 N–H and O–H groups in total. The van der Waals surface area contributed by atoms with Gasteiger partial charge in [0.05, 0.1) is 12.3 Å². The Morgan fingerprint density at radius 1 is 1.11 bits per heavy atom. The van der Waals surface area contributed by atoms with Crippen LogP contribution < -0.4 is 9.62 Å². The normalized spacial score (nSPS) is 15.1. The van der Waals surface area contributed by atoms with Gasteiger partial charge in [-0.05, 0) is 44.4 Å². The van der Waals surface area contributed by atoms with E-state index in [1.807, 2.05) is 13.0 Å². The van der Waals surface area contributed by atoms with Crippen molar-refractivity contribution in [2.75, 3.05) is 18.0 Å². The van der Waals surface area contributed by atoms with Crippen LogP contribution in [0.25, 0.3) is 0 Å². The molecule has 146 valence electrons. The van der Waals surface area contributed by atoms with E-state index in [-0.39, 0.29) is 12.1 Å². The van der Waals surface area contributed by atoms with Gasteiger partial charge in [0.15, 0.2) is 0 Å². The van der Waals surface area contributed by atoms with Crippen LogP contribution in [0, 0.1) is 18.6 Å². The predicted octanol–water partition coefficient (Wildman–Crippen LogP) is 2.67. The van der Waals surface area contributed by atoms with Gasteiger partial charge in [-0.2, -0.15) is 0 Å². The highest BCUT2D eigenvalue weighted by atomic mass is 32.2. The Morgan fingerprint density at radius 2 is 1.85 bits per heavy atom. The first-order valence-electron chi connectivity index (χ1n) is 8.83. The fraction of sp³-hybridized carbons (Fsp3) is 0.444. The molecule has 9 heteroatoms. The lowest BCUT2D eigenvalue weighted by Crippen LogP contribution is -2.31. The number of nitrogens with one attached hydrogen (secondary N) is 1. The van der Waals surface area contributed by atoms with E-state index in [0.29, 0.717) is 5.82 Å². The van der Waals surface area contributed by atoms with Crippen LogP contribution in [-0.2, 0) is 22.3 Å². The molecule has 1 aromatic heterocycles. The van der Waals surface area contributed by atoms with E-state index in [0.717, 1.165) is 55.6 Å². The van der Waals surface area contributed by atoms with Gasteiger partial charge in [0.2, 0.25) is 10.0 Å². The average Bonchev–Trinajstić information content (AvgIpc) is 2.63. The Balaban J connectivity index is 1.69. The topological polar surface area (TPSA) is 75.2 Å². The summed E-state index contributed by atoms with van der Waals surface area (Å²) in [7, 11) is -3.87. The van der Waals surface area contributed by atoms with Gasteiger partial charge in [-0.1, -0.05) is 0 Å². The van der Waals surface area contributed by atoms with E-state index >= 15 is 0 Å².